The highest BCUT2D eigenvalue weighted by Crippen LogP contribution is 2.33. The largest absolute Gasteiger partial charge is 0.362 e. The molecule has 1 aromatic carbocycles. The molecule has 0 aliphatic carbocycles. The van der Waals surface area contributed by atoms with Gasteiger partial charge in [-0.25, -0.2) is 9.37 Å². The first-order valence-electron chi connectivity index (χ1n) is 9.69. The van der Waals surface area contributed by atoms with Crippen molar-refractivity contribution in [1.29, 1.82) is 0 Å². The number of aromatic nitrogens is 2. The first kappa shape index (κ1) is 18.9. The molecule has 2 aromatic heterocycles. The molecule has 2 aliphatic rings. The molecule has 5 rings (SSSR count). The smallest absolute Gasteiger partial charge is 0.228 e. The second-order valence-electron chi connectivity index (χ2n) is 7.45. The quantitative estimate of drug-likeness (QED) is 0.665. The van der Waals surface area contributed by atoms with E-state index in [-0.39, 0.29) is 6.04 Å². The summed E-state index contributed by atoms with van der Waals surface area (Å²) in [5.41, 5.74) is 1.90. The monoisotopic (exact) mass is 431 g/mol. The maximum absolute atomic E-state index is 14.2. The van der Waals surface area contributed by atoms with Crippen LogP contribution in [0.3, 0.4) is 0 Å². The molecule has 0 saturated carbocycles. The van der Waals surface area contributed by atoms with E-state index in [4.69, 9.17) is 9.97 Å². The molecule has 2 N–H and O–H groups in total. The van der Waals surface area contributed by atoms with E-state index < -0.39 is 17.0 Å². The van der Waals surface area contributed by atoms with Gasteiger partial charge in [0, 0.05) is 41.7 Å². The van der Waals surface area contributed by atoms with Crippen LogP contribution in [0.1, 0.15) is 10.4 Å². The van der Waals surface area contributed by atoms with Crippen molar-refractivity contribution in [1.82, 2.24) is 15.3 Å². The van der Waals surface area contributed by atoms with E-state index in [0.717, 1.165) is 25.6 Å². The molecule has 6 nitrogen and oxygen atoms in total. The lowest BCUT2D eigenvalue weighted by Crippen LogP contribution is -2.31. The third-order valence-electron chi connectivity index (χ3n) is 5.35. The minimum Gasteiger partial charge on any atom is -0.362 e. The van der Waals surface area contributed by atoms with Gasteiger partial charge in [0.25, 0.3) is 0 Å². The summed E-state index contributed by atoms with van der Waals surface area (Å²) in [6.07, 6.45) is -0.947. The number of anilines is 2. The minimum atomic E-state index is -1.03. The van der Waals surface area contributed by atoms with Crippen molar-refractivity contribution in [3.05, 3.63) is 40.8 Å². The summed E-state index contributed by atoms with van der Waals surface area (Å²) in [5.74, 6) is 1.80. The molecular formula is C20H22FN5OS2. The Balaban J connectivity index is 1.54. The fourth-order valence-corrected chi connectivity index (χ4v) is 6.02. The molecule has 3 aromatic rings. The molecule has 152 valence electrons. The Hall–Kier alpha value is -2.10. The standard InChI is InChI=1S/C20H22FN5OS2/c1-12-8-15-18(28-12)19(23-16-10-22-9-14(16)21)25-20(24-15)26-6-7-29(27)17-5-3-2-4-13(17)11-26/h2-5,8,14,16,22H,6-7,9-11H2,1H3,(H,23,24,25)/t14?,16?,29-/m1/s1. The first-order chi connectivity index (χ1) is 14.1. The van der Waals surface area contributed by atoms with Crippen molar-refractivity contribution in [2.75, 3.05) is 35.6 Å². The van der Waals surface area contributed by atoms with Crippen molar-refractivity contribution >= 4 is 44.1 Å². The zero-order valence-electron chi connectivity index (χ0n) is 16.0. The zero-order valence-corrected chi connectivity index (χ0v) is 17.7. The highest BCUT2D eigenvalue weighted by atomic mass is 32.2. The van der Waals surface area contributed by atoms with Crippen LogP contribution in [0.5, 0.6) is 0 Å². The number of halogens is 1. The number of nitrogens with one attached hydrogen (secondary N) is 2. The number of alkyl halides is 1. The van der Waals surface area contributed by atoms with Crippen molar-refractivity contribution in [2.45, 2.75) is 30.6 Å². The molecule has 0 amide bonds. The number of fused-ring (bicyclic) bond motifs is 2. The highest BCUT2D eigenvalue weighted by molar-refractivity contribution is 7.85. The highest BCUT2D eigenvalue weighted by Gasteiger charge is 2.28. The second-order valence-corrected chi connectivity index (χ2v) is 10.2. The molecule has 0 radical (unpaired) electrons. The van der Waals surface area contributed by atoms with Crippen LogP contribution in [0.25, 0.3) is 10.2 Å². The average Bonchev–Trinajstić information content (AvgIpc) is 3.24. The summed E-state index contributed by atoms with van der Waals surface area (Å²) < 4.78 is 27.8. The molecule has 3 atom stereocenters. The number of hydrogen-bond acceptors (Lipinski definition) is 7. The zero-order chi connectivity index (χ0) is 20.0. The Morgan fingerprint density at radius 2 is 2.17 bits per heavy atom. The molecular weight excluding hydrogens is 409 g/mol. The van der Waals surface area contributed by atoms with Gasteiger partial charge in [-0.3, -0.25) is 4.21 Å². The van der Waals surface area contributed by atoms with E-state index in [9.17, 15) is 8.60 Å². The van der Waals surface area contributed by atoms with Crippen molar-refractivity contribution in [2.24, 2.45) is 0 Å². The van der Waals surface area contributed by atoms with Crippen LogP contribution in [-0.2, 0) is 17.3 Å². The Morgan fingerprint density at radius 3 is 3.00 bits per heavy atom. The van der Waals surface area contributed by atoms with Gasteiger partial charge < -0.3 is 15.5 Å². The minimum absolute atomic E-state index is 0.305. The Morgan fingerprint density at radius 1 is 1.31 bits per heavy atom. The third-order valence-corrected chi connectivity index (χ3v) is 7.84. The molecule has 0 bridgehead atoms. The van der Waals surface area contributed by atoms with Gasteiger partial charge in [0.15, 0.2) is 0 Å². The third kappa shape index (κ3) is 3.62. The van der Waals surface area contributed by atoms with Gasteiger partial charge in [0.1, 0.15) is 12.0 Å². The lowest BCUT2D eigenvalue weighted by atomic mass is 10.2. The molecule has 4 heterocycles. The van der Waals surface area contributed by atoms with E-state index in [2.05, 4.69) is 15.5 Å². The molecule has 2 aliphatic heterocycles. The predicted octanol–water partition coefficient (Wildman–Crippen LogP) is 2.85. The molecule has 9 heteroatoms. The predicted molar refractivity (Wildman–Crippen MR) is 116 cm³/mol. The van der Waals surface area contributed by atoms with Gasteiger partial charge >= 0.3 is 0 Å². The molecule has 1 fully saturated rings. The maximum Gasteiger partial charge on any atom is 0.228 e. The summed E-state index contributed by atoms with van der Waals surface area (Å²) in [7, 11) is -1.03. The van der Waals surface area contributed by atoms with Gasteiger partial charge in [-0.2, -0.15) is 4.98 Å². The number of benzene rings is 1. The molecule has 29 heavy (non-hydrogen) atoms. The number of hydrogen-bond donors (Lipinski definition) is 2. The van der Waals surface area contributed by atoms with Gasteiger partial charge in [-0.05, 0) is 24.6 Å². The number of nitrogens with zero attached hydrogens (tertiary/aromatic N) is 3. The SMILES string of the molecule is Cc1cc2nc(N3CC[S@@](=O)c4ccccc4C3)nc(NC3CNCC3F)c2s1. The van der Waals surface area contributed by atoms with Gasteiger partial charge in [0.2, 0.25) is 5.95 Å². The van der Waals surface area contributed by atoms with Gasteiger partial charge in [0.05, 0.1) is 27.1 Å². The van der Waals surface area contributed by atoms with E-state index in [1.165, 1.54) is 0 Å². The van der Waals surface area contributed by atoms with Crippen LogP contribution in [0, 0.1) is 6.92 Å². The van der Waals surface area contributed by atoms with Gasteiger partial charge in [-0.15, -0.1) is 11.3 Å². The van der Waals surface area contributed by atoms with Crippen LogP contribution >= 0.6 is 11.3 Å². The normalized spacial score (nSPS) is 24.5. The van der Waals surface area contributed by atoms with E-state index in [0.29, 0.717) is 43.7 Å². The molecule has 1 saturated heterocycles. The average molecular weight is 432 g/mol. The van der Waals surface area contributed by atoms with Crippen LogP contribution in [0.2, 0.25) is 0 Å². The second kappa shape index (κ2) is 7.62. The summed E-state index contributed by atoms with van der Waals surface area (Å²) in [4.78, 5) is 13.7. The molecule has 2 unspecified atom stereocenters. The number of rotatable bonds is 3. The summed E-state index contributed by atoms with van der Waals surface area (Å²) in [6, 6.07) is 9.57. The van der Waals surface area contributed by atoms with E-state index >= 15 is 0 Å². The Kier molecular flexibility index (Phi) is 4.97. The van der Waals surface area contributed by atoms with Crippen molar-refractivity contribution in [3.63, 3.8) is 0 Å². The lowest BCUT2D eigenvalue weighted by Gasteiger charge is -2.22. The van der Waals surface area contributed by atoms with Crippen LogP contribution in [-0.4, -0.2) is 51.8 Å². The lowest BCUT2D eigenvalue weighted by molar-refractivity contribution is 0.342. The number of thiophene rings is 1. The molecule has 0 spiro atoms. The van der Waals surface area contributed by atoms with Gasteiger partial charge in [-0.1, -0.05) is 18.2 Å². The van der Waals surface area contributed by atoms with Crippen LogP contribution < -0.4 is 15.5 Å². The first-order valence-corrected chi connectivity index (χ1v) is 11.8. The summed E-state index contributed by atoms with van der Waals surface area (Å²) in [6.45, 7) is 4.17. The van der Waals surface area contributed by atoms with Crippen molar-refractivity contribution in [3.8, 4) is 0 Å². The van der Waals surface area contributed by atoms with E-state index in [1.807, 2.05) is 37.3 Å². The number of aryl methyl sites for hydroxylation is 1. The fourth-order valence-electron chi connectivity index (χ4n) is 3.86. The Labute approximate surface area is 175 Å². The maximum atomic E-state index is 14.2. The van der Waals surface area contributed by atoms with Crippen molar-refractivity contribution < 1.29 is 8.60 Å². The van der Waals surface area contributed by atoms with Crippen LogP contribution in [0.15, 0.2) is 35.2 Å². The summed E-state index contributed by atoms with van der Waals surface area (Å²) >= 11 is 1.61. The van der Waals surface area contributed by atoms with E-state index in [1.54, 1.807) is 11.3 Å². The fraction of sp³-hybridized carbons (Fsp3) is 0.400. The Bertz CT molecular complexity index is 1090. The summed E-state index contributed by atoms with van der Waals surface area (Å²) in [5, 5.41) is 6.38. The van der Waals surface area contributed by atoms with Crippen LogP contribution in [0.4, 0.5) is 16.2 Å². The topological polar surface area (TPSA) is 70.2 Å².